The van der Waals surface area contributed by atoms with Crippen LogP contribution in [0.1, 0.15) is 230 Å². The van der Waals surface area contributed by atoms with Gasteiger partial charge in [-0.2, -0.15) is 0 Å². The number of rotatable bonds is 40. The van der Waals surface area contributed by atoms with Gasteiger partial charge in [-0.25, -0.2) is 0 Å². The Morgan fingerprint density at radius 1 is 0.413 bits per heavy atom. The van der Waals surface area contributed by atoms with Crippen LogP contribution in [-0.2, 0) is 9.59 Å². The maximum Gasteiger partial charge on any atom is 0.311 e. The van der Waals surface area contributed by atoms with Crippen LogP contribution >= 0.6 is 0 Å². The summed E-state index contributed by atoms with van der Waals surface area (Å²) in [4.78, 5) is 24.9. The molecule has 356 valence electrons. The van der Waals surface area contributed by atoms with E-state index in [4.69, 9.17) is 9.47 Å². The lowest BCUT2D eigenvalue weighted by Gasteiger charge is -2.28. The number of aliphatic hydroxyl groups excluding tert-OH is 4. The summed E-state index contributed by atoms with van der Waals surface area (Å²) in [5.74, 6) is -0.684. The molecule has 2 aromatic rings. The number of hydrogen-bond acceptors (Lipinski definition) is 8. The van der Waals surface area contributed by atoms with Crippen molar-refractivity contribution in [2.24, 2.45) is 5.41 Å². The van der Waals surface area contributed by atoms with Crippen molar-refractivity contribution in [1.82, 2.24) is 0 Å². The van der Waals surface area contributed by atoms with Gasteiger partial charge >= 0.3 is 11.9 Å². The Balaban J connectivity index is 1.68. The van der Waals surface area contributed by atoms with Gasteiger partial charge in [-0.3, -0.25) is 9.59 Å². The zero-order valence-corrected chi connectivity index (χ0v) is 39.7. The molecule has 0 saturated carbocycles. The second-order valence-electron chi connectivity index (χ2n) is 17.9. The quantitative estimate of drug-likeness (QED) is 0.0225. The number of unbranched alkanes of at least 4 members (excludes halogenated alkanes) is 28. The number of carbonyl (C=O) groups is 2. The molecule has 0 radical (unpaired) electrons. The van der Waals surface area contributed by atoms with Gasteiger partial charge in [0.2, 0.25) is 0 Å². The van der Waals surface area contributed by atoms with Crippen LogP contribution in [0.3, 0.4) is 0 Å². The molecular weight excluding hydrogens is 789 g/mol. The minimum Gasteiger partial charge on any atom is -0.511 e. The first kappa shape index (κ1) is 55.5. The average Bonchev–Trinajstić information content (AvgIpc) is 3.28. The molecule has 2 rings (SSSR count). The normalized spacial score (nSPS) is 12.2. The summed E-state index contributed by atoms with van der Waals surface area (Å²) in [6.07, 6.45) is 41.4. The Morgan fingerprint density at radius 2 is 0.651 bits per heavy atom. The smallest absolute Gasteiger partial charge is 0.311 e. The van der Waals surface area contributed by atoms with Gasteiger partial charge in [-0.1, -0.05) is 218 Å². The zero-order valence-electron chi connectivity index (χ0n) is 39.7. The van der Waals surface area contributed by atoms with E-state index in [1.807, 2.05) is 0 Å². The Bertz CT molecular complexity index is 1380. The maximum atomic E-state index is 12.5. The molecule has 0 aliphatic rings. The third-order valence-electron chi connectivity index (χ3n) is 12.3. The van der Waals surface area contributed by atoms with Gasteiger partial charge in [0.05, 0.1) is 13.2 Å². The van der Waals surface area contributed by atoms with Crippen molar-refractivity contribution in [3.05, 3.63) is 71.2 Å². The van der Waals surface area contributed by atoms with Gasteiger partial charge in [-0.15, -0.1) is 0 Å². The molecule has 63 heavy (non-hydrogen) atoms. The first-order valence-corrected chi connectivity index (χ1v) is 25.4. The largest absolute Gasteiger partial charge is 0.511 e. The van der Waals surface area contributed by atoms with E-state index in [1.165, 1.54) is 166 Å². The fourth-order valence-corrected chi connectivity index (χ4v) is 8.01. The Hall–Kier alpha value is -3.62. The molecule has 0 spiro atoms. The van der Waals surface area contributed by atoms with E-state index in [-0.39, 0.29) is 11.9 Å². The molecule has 4 N–H and O–H groups in total. The summed E-state index contributed by atoms with van der Waals surface area (Å²) in [5, 5.41) is 42.8. The number of ether oxygens (including phenoxy) is 2. The maximum absolute atomic E-state index is 12.5. The highest BCUT2D eigenvalue weighted by Gasteiger charge is 2.38. The van der Waals surface area contributed by atoms with Crippen LogP contribution in [-0.4, -0.2) is 45.6 Å². The minimum absolute atomic E-state index is 0.285. The van der Waals surface area contributed by atoms with E-state index in [0.29, 0.717) is 35.5 Å². The van der Waals surface area contributed by atoms with Crippen LogP contribution in [0.25, 0.3) is 12.2 Å². The molecule has 0 heterocycles. The van der Waals surface area contributed by atoms with Gasteiger partial charge < -0.3 is 29.9 Å². The predicted octanol–water partition coefficient (Wildman–Crippen LogP) is 15.5. The second-order valence-corrected chi connectivity index (χ2v) is 17.9. The highest BCUT2D eigenvalue weighted by molar-refractivity contribution is 5.73. The number of carbonyl (C=O) groups excluding carboxylic acids is 2. The Kier molecular flexibility index (Phi) is 32.3. The molecule has 8 heteroatoms. The minimum atomic E-state index is -1.86. The molecular formula is C55H88O8. The first-order chi connectivity index (χ1) is 30.8. The van der Waals surface area contributed by atoms with Crippen molar-refractivity contribution in [3.63, 3.8) is 0 Å². The molecule has 0 bridgehead atoms. The van der Waals surface area contributed by atoms with E-state index < -0.39 is 30.1 Å². The molecule has 8 nitrogen and oxygen atoms in total. The van der Waals surface area contributed by atoms with E-state index in [0.717, 1.165) is 38.5 Å². The lowest BCUT2D eigenvalue weighted by atomic mass is 9.83. The monoisotopic (exact) mass is 877 g/mol. The zero-order chi connectivity index (χ0) is 45.6. The summed E-state index contributed by atoms with van der Waals surface area (Å²) < 4.78 is 11.0. The van der Waals surface area contributed by atoms with Crippen molar-refractivity contribution >= 4 is 24.1 Å². The molecule has 0 aromatic heterocycles. The number of aliphatic hydroxyl groups is 4. The van der Waals surface area contributed by atoms with Crippen molar-refractivity contribution < 1.29 is 39.5 Å². The molecule has 2 aromatic carbocycles. The number of hydrogen-bond donors (Lipinski definition) is 4. The number of benzene rings is 2. The number of esters is 2. The van der Waals surface area contributed by atoms with Gasteiger partial charge in [0.1, 0.15) is 28.4 Å². The summed E-state index contributed by atoms with van der Waals surface area (Å²) in [5.41, 5.74) is -0.829. The van der Waals surface area contributed by atoms with Crippen molar-refractivity contribution in [2.75, 3.05) is 13.2 Å². The predicted molar refractivity (Wildman–Crippen MR) is 261 cm³/mol. The average molecular weight is 877 g/mol. The standard InChI is InChI=1S/C55H88O8/c1-3-5-7-9-11-13-15-17-19-21-23-25-27-29-31-33-53(60)62-49-39-35-47(36-40-49)43-51(58)55(45-56,46-57)52(59)44-48-37-41-50(42-38-48)63-54(61)34-32-30-28-26-24-22-20-18-16-14-12-10-8-6-4-2/h35-44,56-59H,3-34,45-46H2,1-2H3. The van der Waals surface area contributed by atoms with E-state index >= 15 is 0 Å². The molecule has 0 amide bonds. The molecule has 0 atom stereocenters. The summed E-state index contributed by atoms with van der Waals surface area (Å²) in [6.45, 7) is 2.99. The second kappa shape index (κ2) is 36.7. The lowest BCUT2D eigenvalue weighted by molar-refractivity contribution is -0.135. The first-order valence-electron chi connectivity index (χ1n) is 25.4. The van der Waals surface area contributed by atoms with Gasteiger partial charge in [0.25, 0.3) is 0 Å². The van der Waals surface area contributed by atoms with Gasteiger partial charge in [0, 0.05) is 12.8 Å². The highest BCUT2D eigenvalue weighted by atomic mass is 16.5. The van der Waals surface area contributed by atoms with Crippen LogP contribution in [0, 0.1) is 5.41 Å². The van der Waals surface area contributed by atoms with Crippen LogP contribution in [0.5, 0.6) is 11.5 Å². The summed E-state index contributed by atoms with van der Waals surface area (Å²) >= 11 is 0. The summed E-state index contributed by atoms with van der Waals surface area (Å²) in [6, 6.07) is 13.1. The topological polar surface area (TPSA) is 134 Å². The van der Waals surface area contributed by atoms with Crippen LogP contribution in [0.15, 0.2) is 60.0 Å². The van der Waals surface area contributed by atoms with E-state index in [9.17, 15) is 30.0 Å². The molecule has 0 fully saturated rings. The molecule has 0 aliphatic heterocycles. The Morgan fingerprint density at radius 3 is 0.889 bits per heavy atom. The SMILES string of the molecule is CCCCCCCCCCCCCCCCCC(=O)Oc1ccc(C=C(O)C(CO)(CO)C(O)=Cc2ccc(OC(=O)CCCCCCCCCCCCCCCCC)cc2)cc1. The third kappa shape index (κ3) is 26.1. The molecule has 0 aliphatic carbocycles. The van der Waals surface area contributed by atoms with Crippen molar-refractivity contribution in [1.29, 1.82) is 0 Å². The fraction of sp³-hybridized carbons (Fsp3) is 0.673. The lowest BCUT2D eigenvalue weighted by Crippen LogP contribution is -2.34. The van der Waals surface area contributed by atoms with Crippen molar-refractivity contribution in [2.45, 2.75) is 219 Å². The van der Waals surface area contributed by atoms with Crippen LogP contribution < -0.4 is 9.47 Å². The van der Waals surface area contributed by atoms with Crippen LogP contribution in [0.2, 0.25) is 0 Å². The van der Waals surface area contributed by atoms with Gasteiger partial charge in [0.15, 0.2) is 0 Å². The highest BCUT2D eigenvalue weighted by Crippen LogP contribution is 2.35. The van der Waals surface area contributed by atoms with Crippen molar-refractivity contribution in [3.8, 4) is 11.5 Å². The van der Waals surface area contributed by atoms with Gasteiger partial charge in [-0.05, 0) is 60.4 Å². The van der Waals surface area contributed by atoms with Crippen LogP contribution in [0.4, 0.5) is 0 Å². The third-order valence-corrected chi connectivity index (χ3v) is 12.3. The fourth-order valence-electron chi connectivity index (χ4n) is 8.01. The molecule has 0 unspecified atom stereocenters. The summed E-state index contributed by atoms with van der Waals surface area (Å²) in [7, 11) is 0. The van der Waals surface area contributed by atoms with E-state index in [1.54, 1.807) is 48.5 Å². The molecule has 0 saturated heterocycles. The Labute approximate surface area is 383 Å². The van der Waals surface area contributed by atoms with E-state index in [2.05, 4.69) is 13.8 Å².